The van der Waals surface area contributed by atoms with Crippen LogP contribution in [0, 0.1) is 0 Å². The summed E-state index contributed by atoms with van der Waals surface area (Å²) < 4.78 is 39.9. The van der Waals surface area contributed by atoms with Crippen molar-refractivity contribution in [2.75, 3.05) is 36.0 Å². The van der Waals surface area contributed by atoms with E-state index < -0.39 is 23.7 Å². The molecule has 1 fully saturated rings. The molecule has 0 unspecified atom stereocenters. The van der Waals surface area contributed by atoms with Crippen LogP contribution in [0.3, 0.4) is 0 Å². The normalized spacial score (nSPS) is 16.5. The van der Waals surface area contributed by atoms with Crippen molar-refractivity contribution in [3.05, 3.63) is 36.8 Å². The summed E-state index contributed by atoms with van der Waals surface area (Å²) in [6.07, 6.45) is 7.77. The summed E-state index contributed by atoms with van der Waals surface area (Å²) in [6, 6.07) is 6.35. The van der Waals surface area contributed by atoms with Crippen LogP contribution < -0.4 is 10.0 Å². The summed E-state index contributed by atoms with van der Waals surface area (Å²) in [6.45, 7) is 14.8. The van der Waals surface area contributed by atoms with E-state index in [1.54, 1.807) is 29.4 Å². The van der Waals surface area contributed by atoms with Crippen LogP contribution in [-0.2, 0) is 26.2 Å². The zero-order valence-corrected chi connectivity index (χ0v) is 27.5. The van der Waals surface area contributed by atoms with Gasteiger partial charge in [0.1, 0.15) is 18.0 Å². The van der Waals surface area contributed by atoms with Crippen LogP contribution in [0.5, 0.6) is 0 Å². The van der Waals surface area contributed by atoms with Gasteiger partial charge in [0.2, 0.25) is 10.0 Å². The summed E-state index contributed by atoms with van der Waals surface area (Å²) in [5, 5.41) is 4.58. The number of pyridine rings is 2. The van der Waals surface area contributed by atoms with Crippen molar-refractivity contribution in [3.8, 4) is 11.3 Å². The molecule has 0 radical (unpaired) electrons. The zero-order chi connectivity index (χ0) is 30.7. The highest BCUT2D eigenvalue weighted by molar-refractivity contribution is 7.92. The first-order valence-corrected chi connectivity index (χ1v) is 19.9. The fourth-order valence-electron chi connectivity index (χ4n) is 4.78. The van der Waals surface area contributed by atoms with E-state index in [9.17, 15) is 13.2 Å². The number of amides is 1. The molecule has 0 saturated carbocycles. The summed E-state index contributed by atoms with van der Waals surface area (Å²) in [5.41, 5.74) is 2.72. The van der Waals surface area contributed by atoms with E-state index in [-0.39, 0.29) is 12.1 Å². The Kier molecular flexibility index (Phi) is 9.53. The van der Waals surface area contributed by atoms with Gasteiger partial charge in [0.25, 0.3) is 0 Å². The Morgan fingerprint density at radius 1 is 1.19 bits per heavy atom. The third-order valence-electron chi connectivity index (χ3n) is 6.78. The van der Waals surface area contributed by atoms with Crippen LogP contribution in [-0.4, -0.2) is 79.6 Å². The van der Waals surface area contributed by atoms with Crippen LogP contribution in [0.1, 0.15) is 33.6 Å². The van der Waals surface area contributed by atoms with Crippen molar-refractivity contribution in [2.24, 2.45) is 0 Å². The number of likely N-dealkylation sites (tertiary alicyclic amines) is 1. The van der Waals surface area contributed by atoms with Gasteiger partial charge in [0, 0.05) is 63.4 Å². The number of hydrogen-bond acceptors (Lipinski definition) is 8. The maximum absolute atomic E-state index is 12.8. The number of fused-ring (bicyclic) bond motifs is 1. The SMILES string of the molecule is CC(C)(C)OC(=O)N1CCC[C@@H](Nc2c(-c3cc(NS(C)(=O)=O)ccn3)cnc3c2ccn3COCC[Si](C)(C)C)C1. The quantitative estimate of drug-likeness (QED) is 0.223. The van der Waals surface area contributed by atoms with Gasteiger partial charge in [-0.05, 0) is 57.9 Å². The van der Waals surface area contributed by atoms with Crippen LogP contribution in [0.2, 0.25) is 25.7 Å². The Morgan fingerprint density at radius 2 is 1.95 bits per heavy atom. The number of anilines is 2. The molecule has 3 aromatic heterocycles. The molecule has 230 valence electrons. The van der Waals surface area contributed by atoms with Crippen molar-refractivity contribution in [1.29, 1.82) is 0 Å². The van der Waals surface area contributed by atoms with Crippen molar-refractivity contribution in [2.45, 2.75) is 77.7 Å². The molecule has 1 aliphatic heterocycles. The van der Waals surface area contributed by atoms with Gasteiger partial charge < -0.3 is 24.3 Å². The first-order valence-electron chi connectivity index (χ1n) is 14.3. The predicted molar refractivity (Wildman–Crippen MR) is 170 cm³/mol. The van der Waals surface area contributed by atoms with Crippen LogP contribution in [0.15, 0.2) is 36.8 Å². The van der Waals surface area contributed by atoms with Gasteiger partial charge in [0.05, 0.1) is 23.3 Å². The molecule has 1 atom stereocenters. The molecule has 0 aromatic carbocycles. The summed E-state index contributed by atoms with van der Waals surface area (Å²) in [5.74, 6) is 0. The molecule has 42 heavy (non-hydrogen) atoms. The number of carbonyl (C=O) groups excluding carboxylic acids is 1. The number of carbonyl (C=O) groups is 1. The largest absolute Gasteiger partial charge is 0.444 e. The molecule has 11 nitrogen and oxygen atoms in total. The number of aromatic nitrogens is 3. The zero-order valence-electron chi connectivity index (χ0n) is 25.7. The van der Waals surface area contributed by atoms with Gasteiger partial charge in [-0.3, -0.25) is 9.71 Å². The summed E-state index contributed by atoms with van der Waals surface area (Å²) >= 11 is 0. The van der Waals surface area contributed by atoms with Gasteiger partial charge in [-0.1, -0.05) is 19.6 Å². The minimum atomic E-state index is -3.46. The molecule has 1 saturated heterocycles. The number of nitrogens with zero attached hydrogens (tertiary/aromatic N) is 4. The monoisotopic (exact) mass is 616 g/mol. The number of sulfonamides is 1. The number of rotatable bonds is 10. The second kappa shape index (κ2) is 12.6. The maximum Gasteiger partial charge on any atom is 0.410 e. The topological polar surface area (TPSA) is 128 Å². The predicted octanol–water partition coefficient (Wildman–Crippen LogP) is 5.59. The number of hydrogen-bond donors (Lipinski definition) is 2. The van der Waals surface area contributed by atoms with E-state index in [0.717, 1.165) is 47.4 Å². The van der Waals surface area contributed by atoms with E-state index in [0.29, 0.717) is 37.8 Å². The lowest BCUT2D eigenvalue weighted by atomic mass is 10.0. The fourth-order valence-corrected chi connectivity index (χ4v) is 6.09. The van der Waals surface area contributed by atoms with E-state index in [1.807, 2.05) is 37.6 Å². The standard InChI is InChI=1S/C29H44N6O5SSi/c1-29(2,3)40-28(36)34-13-8-9-22(19-34)32-26-23-11-14-35(20-39-15-16-42(5,6)7)27(23)31-18-24(26)25-17-21(10-12-30-25)33-41(4,37)38/h10-12,14,17-18,22H,8-9,13,15-16,19-20H2,1-7H3,(H,30,33)(H,31,32)/t22-/m1/s1. The first kappa shape index (κ1) is 31.8. The van der Waals surface area contributed by atoms with E-state index in [4.69, 9.17) is 14.5 Å². The Labute approximate surface area is 250 Å². The average molecular weight is 617 g/mol. The number of nitrogens with one attached hydrogen (secondary N) is 2. The van der Waals surface area contributed by atoms with E-state index in [2.05, 4.69) is 34.7 Å². The van der Waals surface area contributed by atoms with Gasteiger partial charge in [-0.15, -0.1) is 0 Å². The summed E-state index contributed by atoms with van der Waals surface area (Å²) in [7, 11) is -4.67. The molecule has 2 N–H and O–H groups in total. The van der Waals surface area contributed by atoms with Crippen molar-refractivity contribution < 1.29 is 22.7 Å². The number of piperidine rings is 1. The van der Waals surface area contributed by atoms with Gasteiger partial charge >= 0.3 is 6.09 Å². The first-order chi connectivity index (χ1) is 19.6. The summed E-state index contributed by atoms with van der Waals surface area (Å²) in [4.78, 5) is 23.9. The molecule has 0 spiro atoms. The Morgan fingerprint density at radius 3 is 2.64 bits per heavy atom. The van der Waals surface area contributed by atoms with Gasteiger partial charge in [-0.25, -0.2) is 18.2 Å². The third kappa shape index (κ3) is 8.92. The smallest absolute Gasteiger partial charge is 0.410 e. The van der Waals surface area contributed by atoms with Gasteiger partial charge in [0.15, 0.2) is 0 Å². The molecule has 1 amide bonds. The second-order valence-electron chi connectivity index (χ2n) is 13.1. The molecule has 13 heteroatoms. The molecule has 4 rings (SSSR count). The molecule has 4 heterocycles. The molecule has 3 aromatic rings. The lowest BCUT2D eigenvalue weighted by molar-refractivity contribution is 0.0206. The average Bonchev–Trinajstić information content (AvgIpc) is 3.28. The van der Waals surface area contributed by atoms with Gasteiger partial charge in [-0.2, -0.15) is 0 Å². The minimum absolute atomic E-state index is 0.0377. The Bertz CT molecular complexity index is 1510. The van der Waals surface area contributed by atoms with Crippen molar-refractivity contribution in [3.63, 3.8) is 0 Å². The fraction of sp³-hybridized carbons (Fsp3) is 0.552. The van der Waals surface area contributed by atoms with Crippen LogP contribution >= 0.6 is 0 Å². The Hall–Kier alpha value is -3.16. The molecule has 0 aliphatic carbocycles. The molecule has 1 aliphatic rings. The van der Waals surface area contributed by atoms with Crippen LogP contribution in [0.4, 0.5) is 16.2 Å². The van der Waals surface area contributed by atoms with Crippen LogP contribution in [0.25, 0.3) is 22.3 Å². The van der Waals surface area contributed by atoms with E-state index in [1.165, 1.54) is 0 Å². The molecule has 0 bridgehead atoms. The van der Waals surface area contributed by atoms with Crippen molar-refractivity contribution in [1.82, 2.24) is 19.4 Å². The van der Waals surface area contributed by atoms with Crippen molar-refractivity contribution >= 4 is 46.6 Å². The maximum atomic E-state index is 12.8. The second-order valence-corrected chi connectivity index (χ2v) is 20.5. The highest BCUT2D eigenvalue weighted by atomic mass is 32.2. The Balaban J connectivity index is 1.67. The minimum Gasteiger partial charge on any atom is -0.444 e. The molecular formula is C29H44N6O5SSi. The third-order valence-corrected chi connectivity index (χ3v) is 9.09. The lowest BCUT2D eigenvalue weighted by Crippen LogP contribution is -2.47. The molecular weight excluding hydrogens is 573 g/mol. The van der Waals surface area contributed by atoms with E-state index >= 15 is 0 Å². The highest BCUT2D eigenvalue weighted by Crippen LogP contribution is 2.35. The highest BCUT2D eigenvalue weighted by Gasteiger charge is 2.29. The number of ether oxygens (including phenoxy) is 2. The lowest BCUT2D eigenvalue weighted by Gasteiger charge is -2.35.